The van der Waals surface area contributed by atoms with Crippen molar-refractivity contribution in [3.8, 4) is 0 Å². The highest BCUT2D eigenvalue weighted by Gasteiger charge is 2.38. The molecule has 0 aliphatic heterocycles. The highest BCUT2D eigenvalue weighted by atomic mass is 32.1. The zero-order valence-electron chi connectivity index (χ0n) is 7.72. The highest BCUT2D eigenvalue weighted by molar-refractivity contribution is 7.14. The quantitative estimate of drug-likeness (QED) is 0.807. The van der Waals surface area contributed by atoms with Gasteiger partial charge in [-0.15, -0.1) is 11.3 Å². The number of nitrogens with two attached hydrogens (primary N) is 1. The molecular formula is C8H8F3NO2S. The number of esters is 1. The fraction of sp³-hybridized carbons (Fsp3) is 0.375. The van der Waals surface area contributed by atoms with Crippen LogP contribution in [0, 0.1) is 0 Å². The summed E-state index contributed by atoms with van der Waals surface area (Å²) in [4.78, 5) is 11.2. The van der Waals surface area contributed by atoms with Gasteiger partial charge in [-0.25, -0.2) is 4.79 Å². The number of hydrogen-bond donors (Lipinski definition) is 1. The second-order valence-electron chi connectivity index (χ2n) is 2.61. The second kappa shape index (κ2) is 4.09. The summed E-state index contributed by atoms with van der Waals surface area (Å²) in [6, 6.07) is 0. The average molecular weight is 239 g/mol. The SMILES string of the molecule is CCOC(=O)c1c(C(F)(F)F)csc1N. The molecule has 0 radical (unpaired) electrons. The Balaban J connectivity index is 3.16. The van der Waals surface area contributed by atoms with Gasteiger partial charge in [0.05, 0.1) is 12.2 Å². The molecule has 0 bridgehead atoms. The maximum Gasteiger partial charge on any atom is 0.418 e. The van der Waals surface area contributed by atoms with Gasteiger partial charge >= 0.3 is 12.1 Å². The largest absolute Gasteiger partial charge is 0.462 e. The van der Waals surface area contributed by atoms with Gasteiger partial charge in [-0.1, -0.05) is 0 Å². The van der Waals surface area contributed by atoms with Crippen LogP contribution in [0.4, 0.5) is 18.2 Å². The summed E-state index contributed by atoms with van der Waals surface area (Å²) in [5.74, 6) is -1.04. The Morgan fingerprint density at radius 1 is 1.60 bits per heavy atom. The first-order valence-corrected chi connectivity index (χ1v) is 4.87. The number of ether oxygens (including phenoxy) is 1. The molecule has 0 saturated heterocycles. The Hall–Kier alpha value is -1.24. The molecule has 1 aromatic heterocycles. The fourth-order valence-corrected chi connectivity index (χ4v) is 1.80. The molecular weight excluding hydrogens is 231 g/mol. The Bertz CT molecular complexity index is 372. The lowest BCUT2D eigenvalue weighted by molar-refractivity contribution is -0.137. The molecule has 3 nitrogen and oxygen atoms in total. The first-order chi connectivity index (χ1) is 6.88. The molecule has 1 heterocycles. The zero-order chi connectivity index (χ0) is 11.6. The van der Waals surface area contributed by atoms with E-state index in [4.69, 9.17) is 5.73 Å². The normalized spacial score (nSPS) is 11.5. The van der Waals surface area contributed by atoms with Gasteiger partial charge in [0.1, 0.15) is 10.6 Å². The molecule has 15 heavy (non-hydrogen) atoms. The molecule has 0 aliphatic carbocycles. The minimum atomic E-state index is -4.59. The molecule has 0 atom stereocenters. The van der Waals surface area contributed by atoms with Crippen LogP contribution in [-0.4, -0.2) is 12.6 Å². The third-order valence-electron chi connectivity index (χ3n) is 1.60. The maximum atomic E-state index is 12.4. The van der Waals surface area contributed by atoms with Gasteiger partial charge in [-0.3, -0.25) is 0 Å². The van der Waals surface area contributed by atoms with Crippen molar-refractivity contribution in [2.24, 2.45) is 0 Å². The van der Waals surface area contributed by atoms with Gasteiger partial charge in [-0.05, 0) is 6.92 Å². The van der Waals surface area contributed by atoms with Crippen LogP contribution in [0.1, 0.15) is 22.8 Å². The van der Waals surface area contributed by atoms with E-state index in [1.54, 1.807) is 0 Å². The average Bonchev–Trinajstić information content (AvgIpc) is 2.46. The maximum absolute atomic E-state index is 12.4. The van der Waals surface area contributed by atoms with E-state index in [1.165, 1.54) is 6.92 Å². The van der Waals surface area contributed by atoms with E-state index in [-0.39, 0.29) is 11.6 Å². The van der Waals surface area contributed by atoms with Crippen LogP contribution in [0.15, 0.2) is 5.38 Å². The van der Waals surface area contributed by atoms with Gasteiger partial charge < -0.3 is 10.5 Å². The Morgan fingerprint density at radius 2 is 2.20 bits per heavy atom. The lowest BCUT2D eigenvalue weighted by atomic mass is 10.2. The summed E-state index contributed by atoms with van der Waals surface area (Å²) >= 11 is 0.669. The number of alkyl halides is 3. The molecule has 0 saturated carbocycles. The van der Waals surface area contributed by atoms with Gasteiger partial charge in [-0.2, -0.15) is 13.2 Å². The van der Waals surface area contributed by atoms with E-state index < -0.39 is 23.3 Å². The number of hydrogen-bond acceptors (Lipinski definition) is 4. The number of carbonyl (C=O) groups excluding carboxylic acids is 1. The molecule has 0 aliphatic rings. The van der Waals surface area contributed by atoms with Crippen molar-refractivity contribution in [3.05, 3.63) is 16.5 Å². The number of thiophene rings is 1. The van der Waals surface area contributed by atoms with Crippen molar-refractivity contribution < 1.29 is 22.7 Å². The van der Waals surface area contributed by atoms with Gasteiger partial charge in [0.25, 0.3) is 0 Å². The molecule has 0 aromatic carbocycles. The Labute approximate surface area is 87.6 Å². The van der Waals surface area contributed by atoms with Gasteiger partial charge in [0.2, 0.25) is 0 Å². The molecule has 7 heteroatoms. The number of nitrogen functional groups attached to an aromatic ring is 1. The summed E-state index contributed by atoms with van der Waals surface area (Å²) in [5.41, 5.74) is 3.66. The Morgan fingerprint density at radius 3 is 2.67 bits per heavy atom. The highest BCUT2D eigenvalue weighted by Crippen LogP contribution is 2.38. The molecule has 1 aromatic rings. The molecule has 2 N–H and O–H groups in total. The van der Waals surface area contributed by atoms with Crippen LogP contribution >= 0.6 is 11.3 Å². The van der Waals surface area contributed by atoms with Crippen molar-refractivity contribution >= 4 is 22.3 Å². The fourth-order valence-electron chi connectivity index (χ4n) is 0.995. The van der Waals surface area contributed by atoms with E-state index in [2.05, 4.69) is 4.74 Å². The standard InChI is InChI=1S/C8H8F3NO2S/c1-2-14-7(13)5-4(8(9,10)11)3-15-6(5)12/h3H,2,12H2,1H3. The molecule has 0 unspecified atom stereocenters. The van der Waals surface area contributed by atoms with E-state index in [1.807, 2.05) is 0 Å². The summed E-state index contributed by atoms with van der Waals surface area (Å²) in [6.45, 7) is 1.51. The van der Waals surface area contributed by atoms with E-state index in [0.717, 1.165) is 5.38 Å². The zero-order valence-corrected chi connectivity index (χ0v) is 8.54. The van der Waals surface area contributed by atoms with E-state index in [9.17, 15) is 18.0 Å². The molecule has 0 amide bonds. The smallest absolute Gasteiger partial charge is 0.418 e. The van der Waals surface area contributed by atoms with Crippen LogP contribution in [-0.2, 0) is 10.9 Å². The van der Waals surface area contributed by atoms with Crippen LogP contribution < -0.4 is 5.73 Å². The molecule has 84 valence electrons. The van der Waals surface area contributed by atoms with Crippen LogP contribution in [0.2, 0.25) is 0 Å². The first-order valence-electron chi connectivity index (χ1n) is 3.99. The third-order valence-corrected chi connectivity index (χ3v) is 2.42. The summed E-state index contributed by atoms with van der Waals surface area (Å²) in [6.07, 6.45) is -4.59. The predicted octanol–water partition coefficient (Wildman–Crippen LogP) is 2.53. The van der Waals surface area contributed by atoms with Gasteiger partial charge in [0.15, 0.2) is 0 Å². The number of anilines is 1. The monoisotopic (exact) mass is 239 g/mol. The molecule has 1 rings (SSSR count). The van der Waals surface area contributed by atoms with Crippen molar-refractivity contribution in [2.45, 2.75) is 13.1 Å². The lowest BCUT2D eigenvalue weighted by Gasteiger charge is -2.07. The van der Waals surface area contributed by atoms with Crippen molar-refractivity contribution in [2.75, 3.05) is 12.3 Å². The van der Waals surface area contributed by atoms with E-state index in [0.29, 0.717) is 11.3 Å². The topological polar surface area (TPSA) is 52.3 Å². The molecule has 0 spiro atoms. The number of carbonyl (C=O) groups is 1. The number of rotatable bonds is 2. The first kappa shape index (κ1) is 11.8. The van der Waals surface area contributed by atoms with Crippen molar-refractivity contribution in [1.82, 2.24) is 0 Å². The summed E-state index contributed by atoms with van der Waals surface area (Å²) < 4.78 is 41.7. The molecule has 0 fully saturated rings. The van der Waals surface area contributed by atoms with Crippen LogP contribution in [0.5, 0.6) is 0 Å². The summed E-state index contributed by atoms with van der Waals surface area (Å²) in [5, 5.41) is 0.627. The van der Waals surface area contributed by atoms with Crippen molar-refractivity contribution in [1.29, 1.82) is 0 Å². The Kier molecular flexibility index (Phi) is 3.23. The second-order valence-corrected chi connectivity index (χ2v) is 3.52. The van der Waals surface area contributed by atoms with E-state index >= 15 is 0 Å². The summed E-state index contributed by atoms with van der Waals surface area (Å²) in [7, 11) is 0. The predicted molar refractivity (Wildman–Crippen MR) is 49.7 cm³/mol. The van der Waals surface area contributed by atoms with Crippen LogP contribution in [0.25, 0.3) is 0 Å². The van der Waals surface area contributed by atoms with Crippen molar-refractivity contribution in [3.63, 3.8) is 0 Å². The number of halogens is 3. The third kappa shape index (κ3) is 2.41. The minimum Gasteiger partial charge on any atom is -0.462 e. The lowest BCUT2D eigenvalue weighted by Crippen LogP contribution is -2.14. The minimum absolute atomic E-state index is 0.00537. The van der Waals surface area contributed by atoms with Gasteiger partial charge in [0, 0.05) is 5.38 Å². The van der Waals surface area contributed by atoms with Crippen LogP contribution in [0.3, 0.4) is 0 Å².